The Morgan fingerprint density at radius 2 is 1.96 bits per heavy atom. The van der Waals surface area contributed by atoms with Crippen LogP contribution in [-0.4, -0.2) is 35.5 Å². The Hall–Kier alpha value is -2.98. The first-order chi connectivity index (χ1) is 12.7. The number of imidazole rings is 1. The van der Waals surface area contributed by atoms with Gasteiger partial charge < -0.3 is 14.9 Å². The number of aryl methyl sites for hydroxylation is 2. The predicted molar refractivity (Wildman–Crippen MR) is 90.3 cm³/mol. The molecule has 8 nitrogen and oxygen atoms in total. The number of aromatic amines is 1. The molecule has 142 valence electrons. The fourth-order valence-electron chi connectivity index (χ4n) is 3.16. The summed E-state index contributed by atoms with van der Waals surface area (Å²) >= 11 is 0. The minimum absolute atomic E-state index is 0.0584. The lowest BCUT2D eigenvalue weighted by Crippen LogP contribution is -2.39. The van der Waals surface area contributed by atoms with Crippen LogP contribution >= 0.6 is 0 Å². The first-order valence-corrected chi connectivity index (χ1v) is 8.33. The molecule has 0 aromatic carbocycles. The second-order valence-electron chi connectivity index (χ2n) is 6.64. The molecule has 0 aliphatic heterocycles. The smallest absolute Gasteiger partial charge is 0.351 e. The van der Waals surface area contributed by atoms with E-state index in [1.807, 2.05) is 13.8 Å². The summed E-state index contributed by atoms with van der Waals surface area (Å²) in [5.41, 5.74) is 0.743. The second kappa shape index (κ2) is 6.03. The Kier molecular flexibility index (Phi) is 3.89. The molecule has 0 radical (unpaired) electrons. The van der Waals surface area contributed by atoms with Gasteiger partial charge in [-0.3, -0.25) is 4.79 Å². The number of aromatic nitrogens is 6. The van der Waals surface area contributed by atoms with Gasteiger partial charge in [-0.2, -0.15) is 13.2 Å². The van der Waals surface area contributed by atoms with Crippen LogP contribution in [0.4, 0.5) is 19.1 Å². The zero-order chi connectivity index (χ0) is 19.3. The molecule has 3 heterocycles. The van der Waals surface area contributed by atoms with Crippen LogP contribution in [0.2, 0.25) is 0 Å². The molecular weight excluding hydrogens is 363 g/mol. The number of alkyl halides is 3. The first kappa shape index (κ1) is 17.4. The zero-order valence-electron chi connectivity index (χ0n) is 14.5. The van der Waals surface area contributed by atoms with Crippen molar-refractivity contribution in [2.75, 3.05) is 5.32 Å². The maximum absolute atomic E-state index is 13.4. The lowest BCUT2D eigenvalue weighted by molar-refractivity contribution is -0.148. The second-order valence-corrected chi connectivity index (χ2v) is 6.64. The van der Waals surface area contributed by atoms with E-state index in [9.17, 15) is 18.0 Å². The molecule has 0 unspecified atom stereocenters. The summed E-state index contributed by atoms with van der Waals surface area (Å²) in [4.78, 5) is 30.0. The Morgan fingerprint density at radius 3 is 2.63 bits per heavy atom. The summed E-state index contributed by atoms with van der Waals surface area (Å²) in [5.74, 6) is -0.657. The third-order valence-electron chi connectivity index (χ3n) is 4.77. The zero-order valence-corrected chi connectivity index (χ0v) is 14.5. The van der Waals surface area contributed by atoms with Gasteiger partial charge in [-0.05, 0) is 32.3 Å². The highest BCUT2D eigenvalue weighted by Crippen LogP contribution is 2.40. The van der Waals surface area contributed by atoms with Crippen molar-refractivity contribution in [3.05, 3.63) is 40.0 Å². The van der Waals surface area contributed by atoms with Gasteiger partial charge in [-0.25, -0.2) is 19.9 Å². The minimum atomic E-state index is -4.68. The quantitative estimate of drug-likeness (QED) is 0.725. The molecule has 1 aliphatic rings. The van der Waals surface area contributed by atoms with Crippen molar-refractivity contribution in [2.45, 2.75) is 44.9 Å². The molecule has 1 fully saturated rings. The fraction of sp³-hybridized carbons (Fsp3) is 0.438. The molecule has 4 rings (SSSR count). The Bertz CT molecular complexity index is 1070. The molecule has 0 amide bonds. The molecule has 1 aliphatic carbocycles. The molecule has 3 aromatic heterocycles. The topological polar surface area (TPSA) is 101 Å². The molecule has 27 heavy (non-hydrogen) atoms. The van der Waals surface area contributed by atoms with E-state index in [4.69, 9.17) is 0 Å². The lowest BCUT2D eigenvalue weighted by atomic mass is 9.86. The molecule has 0 saturated heterocycles. The summed E-state index contributed by atoms with van der Waals surface area (Å²) in [7, 11) is 0. The fourth-order valence-corrected chi connectivity index (χ4v) is 3.16. The summed E-state index contributed by atoms with van der Waals surface area (Å²) < 4.78 is 41.2. The normalized spacial score (nSPS) is 19.9. The van der Waals surface area contributed by atoms with Crippen LogP contribution in [0.1, 0.15) is 36.0 Å². The van der Waals surface area contributed by atoms with E-state index in [1.54, 1.807) is 6.20 Å². The third-order valence-corrected chi connectivity index (χ3v) is 4.77. The van der Waals surface area contributed by atoms with E-state index in [1.165, 1.54) is 0 Å². The predicted octanol–water partition coefficient (Wildman–Crippen LogP) is 2.36. The largest absolute Gasteiger partial charge is 0.449 e. The summed E-state index contributed by atoms with van der Waals surface area (Å²) in [6.07, 6.45) is -1.07. The molecular formula is C16H16F3N7O. The molecule has 1 saturated carbocycles. The van der Waals surface area contributed by atoms with Crippen molar-refractivity contribution in [1.82, 2.24) is 29.5 Å². The van der Waals surface area contributed by atoms with Gasteiger partial charge in [0.2, 0.25) is 11.8 Å². The SMILES string of the molecule is Cc1cnc(NC2CC(n3c(C(F)(F)F)nc4c(=O)[nH]cnc43)C2)nc1C. The van der Waals surface area contributed by atoms with Crippen molar-refractivity contribution in [3.63, 3.8) is 0 Å². The van der Waals surface area contributed by atoms with E-state index in [-0.39, 0.29) is 17.2 Å². The van der Waals surface area contributed by atoms with Gasteiger partial charge in [0.05, 0.1) is 6.33 Å². The van der Waals surface area contributed by atoms with Gasteiger partial charge in [0.15, 0.2) is 11.2 Å². The van der Waals surface area contributed by atoms with Gasteiger partial charge in [0.1, 0.15) is 0 Å². The Labute approximate surface area is 150 Å². The maximum atomic E-state index is 13.4. The van der Waals surface area contributed by atoms with E-state index < -0.39 is 23.6 Å². The average Bonchev–Trinajstić information content (AvgIpc) is 2.95. The van der Waals surface area contributed by atoms with Crippen LogP contribution in [0.15, 0.2) is 17.3 Å². The van der Waals surface area contributed by atoms with Crippen LogP contribution in [0.5, 0.6) is 0 Å². The van der Waals surface area contributed by atoms with Crippen molar-refractivity contribution in [1.29, 1.82) is 0 Å². The summed E-state index contributed by atoms with van der Waals surface area (Å²) in [6.45, 7) is 3.76. The van der Waals surface area contributed by atoms with Crippen LogP contribution in [0.3, 0.4) is 0 Å². The monoisotopic (exact) mass is 379 g/mol. The van der Waals surface area contributed by atoms with Gasteiger partial charge in [-0.15, -0.1) is 0 Å². The number of anilines is 1. The van der Waals surface area contributed by atoms with Crippen LogP contribution in [0.25, 0.3) is 11.2 Å². The summed E-state index contributed by atoms with van der Waals surface area (Å²) in [6, 6.07) is -0.539. The van der Waals surface area contributed by atoms with Crippen molar-refractivity contribution >= 4 is 17.1 Å². The standard InChI is InChI=1S/C16H16F3N7O/c1-7-5-20-15(23-8(7)2)24-9-3-10(4-9)26-12-11(13(27)22-6-21-12)25-14(26)16(17,18)19/h5-6,9-10H,3-4H2,1-2H3,(H,20,23,24)(H,21,22,27). The van der Waals surface area contributed by atoms with E-state index >= 15 is 0 Å². The molecule has 3 aromatic rings. The van der Waals surface area contributed by atoms with Crippen LogP contribution in [-0.2, 0) is 6.18 Å². The average molecular weight is 379 g/mol. The minimum Gasteiger partial charge on any atom is -0.351 e. The number of hydrogen-bond donors (Lipinski definition) is 2. The third kappa shape index (κ3) is 3.02. The number of nitrogens with one attached hydrogen (secondary N) is 2. The van der Waals surface area contributed by atoms with Gasteiger partial charge in [-0.1, -0.05) is 0 Å². The van der Waals surface area contributed by atoms with Crippen LogP contribution < -0.4 is 10.9 Å². The van der Waals surface area contributed by atoms with E-state index in [0.29, 0.717) is 18.8 Å². The van der Waals surface area contributed by atoms with Crippen molar-refractivity contribution in [3.8, 4) is 0 Å². The number of nitrogens with zero attached hydrogens (tertiary/aromatic N) is 5. The number of fused-ring (bicyclic) bond motifs is 1. The number of halogens is 3. The van der Waals surface area contributed by atoms with Gasteiger partial charge >= 0.3 is 6.18 Å². The maximum Gasteiger partial charge on any atom is 0.449 e. The molecule has 0 atom stereocenters. The lowest BCUT2D eigenvalue weighted by Gasteiger charge is -2.37. The molecule has 0 spiro atoms. The van der Waals surface area contributed by atoms with Crippen molar-refractivity contribution < 1.29 is 13.2 Å². The number of H-pyrrole nitrogens is 1. The molecule has 2 N–H and O–H groups in total. The number of rotatable bonds is 3. The highest BCUT2D eigenvalue weighted by atomic mass is 19.4. The van der Waals surface area contributed by atoms with Crippen molar-refractivity contribution in [2.24, 2.45) is 0 Å². The molecule has 0 bridgehead atoms. The highest BCUT2D eigenvalue weighted by Gasteiger charge is 2.43. The van der Waals surface area contributed by atoms with Gasteiger partial charge in [0.25, 0.3) is 5.56 Å². The summed E-state index contributed by atoms with van der Waals surface area (Å²) in [5, 5.41) is 3.13. The van der Waals surface area contributed by atoms with E-state index in [0.717, 1.165) is 22.2 Å². The Morgan fingerprint density at radius 1 is 1.22 bits per heavy atom. The Balaban J connectivity index is 1.60. The first-order valence-electron chi connectivity index (χ1n) is 8.33. The van der Waals surface area contributed by atoms with Gasteiger partial charge in [0, 0.05) is 24.0 Å². The van der Waals surface area contributed by atoms with Crippen LogP contribution in [0, 0.1) is 13.8 Å². The molecule has 11 heteroatoms. The van der Waals surface area contributed by atoms with E-state index in [2.05, 4.69) is 30.2 Å². The number of hydrogen-bond acceptors (Lipinski definition) is 6. The highest BCUT2D eigenvalue weighted by molar-refractivity contribution is 5.70.